The number of para-hydroxylation sites is 1. The first-order valence-corrected chi connectivity index (χ1v) is 8.15. The minimum atomic E-state index is 0.0539. The van der Waals surface area contributed by atoms with E-state index in [1.54, 1.807) is 12.4 Å². The number of carbonyl (C=O) groups is 1. The first-order chi connectivity index (χ1) is 10.6. The lowest BCUT2D eigenvalue weighted by atomic mass is 10.1. The summed E-state index contributed by atoms with van der Waals surface area (Å²) in [6.07, 6.45) is 3.31. The molecule has 0 unspecified atom stereocenters. The van der Waals surface area contributed by atoms with Crippen LogP contribution in [0.4, 0.5) is 5.69 Å². The Balaban J connectivity index is 1.67. The average Bonchev–Trinajstić information content (AvgIpc) is 2.55. The molecule has 22 heavy (non-hydrogen) atoms. The maximum atomic E-state index is 12.5. The van der Waals surface area contributed by atoms with Crippen molar-refractivity contribution in [2.45, 2.75) is 6.92 Å². The fraction of sp³-hybridized carbons (Fsp3) is 0.294. The van der Waals surface area contributed by atoms with Crippen molar-refractivity contribution in [3.63, 3.8) is 0 Å². The lowest BCUT2D eigenvalue weighted by molar-refractivity contribution is 0.0746. The van der Waals surface area contributed by atoms with Crippen molar-refractivity contribution in [2.75, 3.05) is 31.1 Å². The number of aromatic nitrogens is 1. The number of nitrogens with zero attached hydrogens (tertiary/aromatic N) is 3. The molecule has 2 heterocycles. The molecule has 1 saturated heterocycles. The third-order valence-corrected chi connectivity index (χ3v) is 4.41. The largest absolute Gasteiger partial charge is 0.368 e. The van der Waals surface area contributed by atoms with Gasteiger partial charge in [-0.3, -0.25) is 9.78 Å². The zero-order chi connectivity index (χ0) is 15.5. The number of amides is 1. The highest BCUT2D eigenvalue weighted by atomic mass is 79.9. The molecule has 5 heteroatoms. The summed E-state index contributed by atoms with van der Waals surface area (Å²) in [7, 11) is 0. The van der Waals surface area contributed by atoms with E-state index in [-0.39, 0.29) is 5.91 Å². The van der Waals surface area contributed by atoms with E-state index >= 15 is 0 Å². The van der Waals surface area contributed by atoms with Crippen LogP contribution in [0.5, 0.6) is 0 Å². The van der Waals surface area contributed by atoms with Crippen LogP contribution in [-0.4, -0.2) is 42.0 Å². The van der Waals surface area contributed by atoms with Gasteiger partial charge < -0.3 is 9.80 Å². The number of hydrogen-bond acceptors (Lipinski definition) is 3. The highest BCUT2D eigenvalue weighted by molar-refractivity contribution is 9.10. The lowest BCUT2D eigenvalue weighted by Gasteiger charge is -2.36. The van der Waals surface area contributed by atoms with Crippen LogP contribution in [0.2, 0.25) is 0 Å². The molecular weight excluding hydrogens is 342 g/mol. The Hall–Kier alpha value is -1.88. The van der Waals surface area contributed by atoms with E-state index in [0.29, 0.717) is 5.56 Å². The zero-order valence-electron chi connectivity index (χ0n) is 12.5. The topological polar surface area (TPSA) is 36.4 Å². The van der Waals surface area contributed by atoms with Gasteiger partial charge in [-0.05, 0) is 40.5 Å². The van der Waals surface area contributed by atoms with Crippen molar-refractivity contribution in [1.29, 1.82) is 0 Å². The number of rotatable bonds is 2. The van der Waals surface area contributed by atoms with Gasteiger partial charge in [0, 0.05) is 48.7 Å². The first-order valence-electron chi connectivity index (χ1n) is 7.35. The molecule has 4 nitrogen and oxygen atoms in total. The highest BCUT2D eigenvalue weighted by Crippen LogP contribution is 2.21. The van der Waals surface area contributed by atoms with E-state index in [1.807, 2.05) is 11.0 Å². The number of hydrogen-bond donors (Lipinski definition) is 0. The summed E-state index contributed by atoms with van der Waals surface area (Å²) < 4.78 is 0.830. The third-order valence-electron chi connectivity index (χ3n) is 3.97. The van der Waals surface area contributed by atoms with Crippen LogP contribution in [-0.2, 0) is 0 Å². The van der Waals surface area contributed by atoms with Gasteiger partial charge in [0.15, 0.2) is 0 Å². The maximum absolute atomic E-state index is 12.5. The van der Waals surface area contributed by atoms with Gasteiger partial charge in [-0.25, -0.2) is 0 Å². The summed E-state index contributed by atoms with van der Waals surface area (Å²) in [5, 5.41) is 0. The maximum Gasteiger partial charge on any atom is 0.255 e. The molecule has 1 aliphatic rings. The third kappa shape index (κ3) is 3.14. The van der Waals surface area contributed by atoms with Crippen LogP contribution in [0, 0.1) is 6.92 Å². The first kappa shape index (κ1) is 15.0. The number of aryl methyl sites for hydroxylation is 1. The smallest absolute Gasteiger partial charge is 0.255 e. The second-order valence-electron chi connectivity index (χ2n) is 5.46. The number of benzene rings is 1. The van der Waals surface area contributed by atoms with Gasteiger partial charge in [-0.15, -0.1) is 0 Å². The normalized spacial score (nSPS) is 15.0. The molecule has 1 aromatic heterocycles. The fourth-order valence-electron chi connectivity index (χ4n) is 2.78. The minimum Gasteiger partial charge on any atom is -0.368 e. The predicted octanol–water partition coefficient (Wildman–Crippen LogP) is 3.11. The molecule has 0 bridgehead atoms. The van der Waals surface area contributed by atoms with E-state index in [2.05, 4.69) is 57.0 Å². The lowest BCUT2D eigenvalue weighted by Crippen LogP contribution is -2.49. The van der Waals surface area contributed by atoms with Crippen molar-refractivity contribution >= 4 is 27.5 Å². The van der Waals surface area contributed by atoms with Crippen LogP contribution in [0.1, 0.15) is 15.9 Å². The van der Waals surface area contributed by atoms with Crippen LogP contribution in [0.15, 0.2) is 47.2 Å². The molecule has 0 saturated carbocycles. The van der Waals surface area contributed by atoms with Crippen molar-refractivity contribution in [3.05, 3.63) is 58.3 Å². The summed E-state index contributed by atoms with van der Waals surface area (Å²) in [6.45, 7) is 5.31. The number of anilines is 1. The molecule has 0 radical (unpaired) electrons. The van der Waals surface area contributed by atoms with E-state index < -0.39 is 0 Å². The van der Waals surface area contributed by atoms with Crippen molar-refractivity contribution in [2.24, 2.45) is 0 Å². The fourth-order valence-corrected chi connectivity index (χ4v) is 3.14. The van der Waals surface area contributed by atoms with Gasteiger partial charge in [0.25, 0.3) is 5.91 Å². The minimum absolute atomic E-state index is 0.0539. The van der Waals surface area contributed by atoms with Crippen LogP contribution >= 0.6 is 15.9 Å². The Labute approximate surface area is 138 Å². The molecule has 1 fully saturated rings. The standard InChI is InChI=1S/C17H18BrN3O/c1-13-4-2-3-5-16(13)20-6-8-21(9-7-20)17(22)14-10-15(18)12-19-11-14/h2-5,10-12H,6-9H2,1H3. The summed E-state index contributed by atoms with van der Waals surface area (Å²) in [6, 6.07) is 10.2. The van der Waals surface area contributed by atoms with Crippen molar-refractivity contribution < 1.29 is 4.79 Å². The molecule has 1 aliphatic heterocycles. The highest BCUT2D eigenvalue weighted by Gasteiger charge is 2.23. The average molecular weight is 360 g/mol. The summed E-state index contributed by atoms with van der Waals surface area (Å²) in [5.41, 5.74) is 3.18. The molecular formula is C17H18BrN3O. The Morgan fingerprint density at radius 3 is 2.55 bits per heavy atom. The number of halogens is 1. The monoisotopic (exact) mass is 359 g/mol. The van der Waals surface area contributed by atoms with Gasteiger partial charge in [0.05, 0.1) is 5.56 Å². The number of pyridine rings is 1. The van der Waals surface area contributed by atoms with Crippen LogP contribution < -0.4 is 4.90 Å². The summed E-state index contributed by atoms with van der Waals surface area (Å²) >= 11 is 3.36. The Morgan fingerprint density at radius 2 is 1.86 bits per heavy atom. The molecule has 1 amide bonds. The summed E-state index contributed by atoms with van der Waals surface area (Å²) in [4.78, 5) is 20.8. The Bertz CT molecular complexity index is 681. The SMILES string of the molecule is Cc1ccccc1N1CCN(C(=O)c2cncc(Br)c2)CC1. The van der Waals surface area contributed by atoms with E-state index in [4.69, 9.17) is 0 Å². The Kier molecular flexibility index (Phi) is 4.43. The van der Waals surface area contributed by atoms with E-state index in [0.717, 1.165) is 30.7 Å². The number of carbonyl (C=O) groups excluding carboxylic acids is 1. The van der Waals surface area contributed by atoms with Crippen molar-refractivity contribution in [1.82, 2.24) is 9.88 Å². The van der Waals surface area contributed by atoms with Gasteiger partial charge >= 0.3 is 0 Å². The predicted molar refractivity (Wildman–Crippen MR) is 91.2 cm³/mol. The van der Waals surface area contributed by atoms with Gasteiger partial charge in [-0.2, -0.15) is 0 Å². The van der Waals surface area contributed by atoms with Gasteiger partial charge in [-0.1, -0.05) is 18.2 Å². The molecule has 114 valence electrons. The Morgan fingerprint density at radius 1 is 1.14 bits per heavy atom. The molecule has 3 rings (SSSR count). The van der Waals surface area contributed by atoms with Crippen LogP contribution in [0.3, 0.4) is 0 Å². The molecule has 0 atom stereocenters. The second kappa shape index (κ2) is 6.48. The molecule has 1 aromatic carbocycles. The van der Waals surface area contributed by atoms with E-state index in [9.17, 15) is 4.79 Å². The van der Waals surface area contributed by atoms with E-state index in [1.165, 1.54) is 11.3 Å². The summed E-state index contributed by atoms with van der Waals surface area (Å²) in [5.74, 6) is 0.0539. The quantitative estimate of drug-likeness (QED) is 0.826. The molecule has 0 N–H and O–H groups in total. The molecule has 2 aromatic rings. The van der Waals surface area contributed by atoms with Crippen molar-refractivity contribution in [3.8, 4) is 0 Å². The number of piperazine rings is 1. The second-order valence-corrected chi connectivity index (χ2v) is 6.37. The molecule has 0 aliphatic carbocycles. The molecule has 0 spiro atoms. The van der Waals surface area contributed by atoms with Crippen LogP contribution in [0.25, 0.3) is 0 Å². The van der Waals surface area contributed by atoms with Gasteiger partial charge in [0.1, 0.15) is 0 Å². The van der Waals surface area contributed by atoms with Gasteiger partial charge in [0.2, 0.25) is 0 Å². The zero-order valence-corrected chi connectivity index (χ0v) is 14.1.